The maximum atomic E-state index is 12.1. The molecule has 0 bridgehead atoms. The summed E-state index contributed by atoms with van der Waals surface area (Å²) in [7, 11) is 0. The number of amides is 2. The van der Waals surface area contributed by atoms with Crippen molar-refractivity contribution in [2.75, 3.05) is 5.32 Å². The van der Waals surface area contributed by atoms with Gasteiger partial charge in [0, 0.05) is 4.88 Å². The molecule has 3 N–H and O–H groups in total. The number of aromatic nitrogens is 4. The van der Waals surface area contributed by atoms with Gasteiger partial charge < -0.3 is 11.1 Å². The number of nitrogens with one attached hydrogen (secondary N) is 1. The van der Waals surface area contributed by atoms with Crippen molar-refractivity contribution in [3.05, 3.63) is 22.3 Å². The van der Waals surface area contributed by atoms with Crippen molar-refractivity contribution in [3.8, 4) is 0 Å². The van der Waals surface area contributed by atoms with Crippen LogP contribution in [0.2, 0.25) is 0 Å². The van der Waals surface area contributed by atoms with E-state index in [-0.39, 0.29) is 12.5 Å². The van der Waals surface area contributed by atoms with Crippen molar-refractivity contribution in [3.63, 3.8) is 0 Å². The summed E-state index contributed by atoms with van der Waals surface area (Å²) in [6.07, 6.45) is 4.13. The molecule has 116 valence electrons. The van der Waals surface area contributed by atoms with Crippen LogP contribution in [0.1, 0.15) is 34.1 Å². The summed E-state index contributed by atoms with van der Waals surface area (Å²) in [4.78, 5) is 25.0. The lowest BCUT2D eigenvalue weighted by atomic mass is 9.88. The van der Waals surface area contributed by atoms with Crippen LogP contribution in [-0.2, 0) is 24.2 Å². The number of primary amides is 1. The van der Waals surface area contributed by atoms with Crippen LogP contribution < -0.4 is 11.1 Å². The van der Waals surface area contributed by atoms with Crippen molar-refractivity contribution < 1.29 is 9.59 Å². The average Bonchev–Trinajstić information content (AvgIpc) is 3.04. The van der Waals surface area contributed by atoms with Crippen LogP contribution in [0, 0.1) is 5.92 Å². The summed E-state index contributed by atoms with van der Waals surface area (Å²) in [6.45, 7) is 2.17. The number of fused-ring (bicyclic) bond motifs is 1. The Labute approximate surface area is 130 Å². The van der Waals surface area contributed by atoms with Crippen LogP contribution in [0.5, 0.6) is 0 Å². The van der Waals surface area contributed by atoms with Crippen LogP contribution >= 0.6 is 11.3 Å². The zero-order valence-electron chi connectivity index (χ0n) is 12.1. The highest BCUT2D eigenvalue weighted by Gasteiger charge is 2.27. The Bertz CT molecular complexity index is 708. The normalized spacial score (nSPS) is 17.0. The van der Waals surface area contributed by atoms with Gasteiger partial charge in [-0.05, 0) is 41.2 Å². The highest BCUT2D eigenvalue weighted by atomic mass is 32.1. The van der Waals surface area contributed by atoms with Gasteiger partial charge in [0.1, 0.15) is 17.9 Å². The molecule has 0 unspecified atom stereocenters. The van der Waals surface area contributed by atoms with E-state index in [1.165, 1.54) is 22.3 Å². The molecule has 0 saturated carbocycles. The molecule has 1 atom stereocenters. The first-order valence-electron chi connectivity index (χ1n) is 6.99. The summed E-state index contributed by atoms with van der Waals surface area (Å²) in [5.74, 6) is -0.206. The summed E-state index contributed by atoms with van der Waals surface area (Å²) in [5.41, 5.74) is 6.96. The zero-order valence-corrected chi connectivity index (χ0v) is 12.9. The molecule has 0 aromatic carbocycles. The van der Waals surface area contributed by atoms with Gasteiger partial charge in [-0.1, -0.05) is 6.92 Å². The SMILES string of the molecule is C[C@H]1CCc2c(sc(NC(=O)Cn3cnnn3)c2C(N)=O)C1. The van der Waals surface area contributed by atoms with Gasteiger partial charge in [-0.3, -0.25) is 9.59 Å². The van der Waals surface area contributed by atoms with E-state index in [1.807, 2.05) is 0 Å². The van der Waals surface area contributed by atoms with Crippen LogP contribution in [0.4, 0.5) is 5.00 Å². The largest absolute Gasteiger partial charge is 0.365 e. The van der Waals surface area contributed by atoms with E-state index in [2.05, 4.69) is 27.8 Å². The molecule has 0 aliphatic heterocycles. The van der Waals surface area contributed by atoms with E-state index in [9.17, 15) is 9.59 Å². The molecule has 9 heteroatoms. The van der Waals surface area contributed by atoms with Gasteiger partial charge in [-0.15, -0.1) is 16.4 Å². The number of hydrogen-bond acceptors (Lipinski definition) is 6. The molecule has 0 fully saturated rings. The van der Waals surface area contributed by atoms with Crippen LogP contribution in [-0.4, -0.2) is 32.0 Å². The molecule has 2 aromatic heterocycles. The molecule has 2 heterocycles. The predicted molar refractivity (Wildman–Crippen MR) is 80.5 cm³/mol. The second-order valence-electron chi connectivity index (χ2n) is 5.48. The minimum Gasteiger partial charge on any atom is -0.365 e. The fourth-order valence-electron chi connectivity index (χ4n) is 2.67. The molecule has 2 aromatic rings. The molecule has 1 aliphatic carbocycles. The first-order valence-corrected chi connectivity index (χ1v) is 7.81. The van der Waals surface area contributed by atoms with Crippen molar-refractivity contribution in [2.45, 2.75) is 32.7 Å². The maximum absolute atomic E-state index is 12.1. The van der Waals surface area contributed by atoms with Crippen molar-refractivity contribution in [2.24, 2.45) is 11.7 Å². The quantitative estimate of drug-likeness (QED) is 0.855. The second-order valence-corrected chi connectivity index (χ2v) is 6.58. The average molecular weight is 320 g/mol. The molecular weight excluding hydrogens is 304 g/mol. The number of carbonyl (C=O) groups is 2. The summed E-state index contributed by atoms with van der Waals surface area (Å²) in [6, 6.07) is 0. The first-order chi connectivity index (χ1) is 10.5. The number of carbonyl (C=O) groups excluding carboxylic acids is 2. The molecule has 3 rings (SSSR count). The van der Waals surface area contributed by atoms with Crippen LogP contribution in [0.25, 0.3) is 0 Å². The van der Waals surface area contributed by atoms with E-state index in [1.54, 1.807) is 0 Å². The summed E-state index contributed by atoms with van der Waals surface area (Å²) < 4.78 is 1.31. The van der Waals surface area contributed by atoms with Crippen molar-refractivity contribution in [1.29, 1.82) is 0 Å². The topological polar surface area (TPSA) is 116 Å². The van der Waals surface area contributed by atoms with Crippen LogP contribution in [0.15, 0.2) is 6.33 Å². The molecular formula is C13H16N6O2S. The lowest BCUT2D eigenvalue weighted by Crippen LogP contribution is -2.22. The van der Waals surface area contributed by atoms with E-state index in [0.29, 0.717) is 16.5 Å². The minimum atomic E-state index is -0.496. The number of nitrogens with zero attached hydrogens (tertiary/aromatic N) is 4. The van der Waals surface area contributed by atoms with Gasteiger partial charge in [0.15, 0.2) is 0 Å². The van der Waals surface area contributed by atoms with E-state index >= 15 is 0 Å². The molecule has 0 spiro atoms. The number of anilines is 1. The third kappa shape index (κ3) is 2.84. The van der Waals surface area contributed by atoms with E-state index < -0.39 is 5.91 Å². The van der Waals surface area contributed by atoms with Gasteiger partial charge in [0.25, 0.3) is 5.91 Å². The molecule has 2 amide bonds. The smallest absolute Gasteiger partial charge is 0.251 e. The number of nitrogens with two attached hydrogens (primary N) is 1. The monoisotopic (exact) mass is 320 g/mol. The molecule has 22 heavy (non-hydrogen) atoms. The Morgan fingerprint density at radius 2 is 2.36 bits per heavy atom. The molecule has 8 nitrogen and oxygen atoms in total. The van der Waals surface area contributed by atoms with Gasteiger partial charge in [0.2, 0.25) is 5.91 Å². The highest BCUT2D eigenvalue weighted by Crippen LogP contribution is 2.39. The molecule has 0 radical (unpaired) electrons. The summed E-state index contributed by atoms with van der Waals surface area (Å²) >= 11 is 1.44. The second kappa shape index (κ2) is 5.84. The fraction of sp³-hybridized carbons (Fsp3) is 0.462. The Morgan fingerprint density at radius 3 is 3.05 bits per heavy atom. The number of hydrogen-bond donors (Lipinski definition) is 2. The fourth-order valence-corrected chi connectivity index (χ4v) is 4.10. The van der Waals surface area contributed by atoms with Crippen molar-refractivity contribution in [1.82, 2.24) is 20.2 Å². The molecule has 0 saturated heterocycles. The van der Waals surface area contributed by atoms with Gasteiger partial charge in [-0.25, -0.2) is 4.68 Å². The Balaban J connectivity index is 1.84. The number of rotatable bonds is 4. The van der Waals surface area contributed by atoms with Gasteiger partial charge in [0.05, 0.1) is 5.56 Å². The van der Waals surface area contributed by atoms with Crippen LogP contribution in [0.3, 0.4) is 0 Å². The number of thiophene rings is 1. The molecule has 1 aliphatic rings. The van der Waals surface area contributed by atoms with E-state index in [4.69, 9.17) is 5.73 Å². The van der Waals surface area contributed by atoms with E-state index in [0.717, 1.165) is 29.7 Å². The highest BCUT2D eigenvalue weighted by molar-refractivity contribution is 7.17. The van der Waals surface area contributed by atoms with Crippen molar-refractivity contribution >= 4 is 28.2 Å². The minimum absolute atomic E-state index is 0.00975. The Morgan fingerprint density at radius 1 is 1.55 bits per heavy atom. The zero-order chi connectivity index (χ0) is 15.7. The Hall–Kier alpha value is -2.29. The first kappa shape index (κ1) is 14.6. The third-order valence-corrected chi connectivity index (χ3v) is 4.88. The lowest BCUT2D eigenvalue weighted by Gasteiger charge is -2.18. The summed E-state index contributed by atoms with van der Waals surface area (Å²) in [5, 5.41) is 13.9. The van der Waals surface area contributed by atoms with Gasteiger partial charge in [-0.2, -0.15) is 0 Å². The predicted octanol–water partition coefficient (Wildman–Crippen LogP) is 0.597. The lowest BCUT2D eigenvalue weighted by molar-refractivity contribution is -0.116. The number of tetrazole rings is 1. The Kier molecular flexibility index (Phi) is 3.88. The van der Waals surface area contributed by atoms with Gasteiger partial charge >= 0.3 is 0 Å². The standard InChI is InChI=1S/C13H16N6O2S/c1-7-2-3-8-9(4-7)22-13(11(8)12(14)21)16-10(20)5-19-6-15-17-18-19/h6-7H,2-5H2,1H3,(H2,14,21)(H,16,20)/t7-/m0/s1. The maximum Gasteiger partial charge on any atom is 0.251 e. The third-order valence-electron chi connectivity index (χ3n) is 3.71.